The van der Waals surface area contributed by atoms with Crippen LogP contribution >= 0.6 is 0 Å². The van der Waals surface area contributed by atoms with E-state index >= 15 is 0 Å². The molecule has 20 heavy (non-hydrogen) atoms. The second kappa shape index (κ2) is 7.65. The average molecular weight is 277 g/mol. The highest BCUT2D eigenvalue weighted by Gasteiger charge is 2.26. The molecule has 1 aromatic rings. The van der Waals surface area contributed by atoms with E-state index in [2.05, 4.69) is 31.3 Å². The van der Waals surface area contributed by atoms with Gasteiger partial charge >= 0.3 is 0 Å². The Morgan fingerprint density at radius 1 is 1.40 bits per heavy atom. The maximum Gasteiger partial charge on any atom is 0.122 e. The van der Waals surface area contributed by atoms with Gasteiger partial charge in [0, 0.05) is 19.2 Å². The van der Waals surface area contributed by atoms with Gasteiger partial charge in [-0.15, -0.1) is 0 Å². The van der Waals surface area contributed by atoms with Gasteiger partial charge in [-0.3, -0.25) is 0 Å². The van der Waals surface area contributed by atoms with E-state index < -0.39 is 0 Å². The lowest BCUT2D eigenvalue weighted by atomic mass is 9.98. The highest BCUT2D eigenvalue weighted by molar-refractivity contribution is 5.33. The fourth-order valence-electron chi connectivity index (χ4n) is 3.00. The highest BCUT2D eigenvalue weighted by atomic mass is 16.5. The third kappa shape index (κ3) is 3.97. The number of benzene rings is 1. The van der Waals surface area contributed by atoms with E-state index in [9.17, 15) is 0 Å². The topological polar surface area (TPSA) is 30.5 Å². The molecule has 0 spiro atoms. The zero-order chi connectivity index (χ0) is 14.4. The van der Waals surface area contributed by atoms with Crippen LogP contribution in [0.15, 0.2) is 24.3 Å². The van der Waals surface area contributed by atoms with Crippen LogP contribution < -0.4 is 10.1 Å². The Morgan fingerprint density at radius 2 is 2.20 bits per heavy atom. The van der Waals surface area contributed by atoms with Crippen molar-refractivity contribution >= 4 is 0 Å². The van der Waals surface area contributed by atoms with Gasteiger partial charge in [-0.1, -0.05) is 25.1 Å². The van der Waals surface area contributed by atoms with Crippen molar-refractivity contribution in [1.82, 2.24) is 5.32 Å². The van der Waals surface area contributed by atoms with Crippen LogP contribution in [0, 0.1) is 5.92 Å². The monoisotopic (exact) mass is 277 g/mol. The summed E-state index contributed by atoms with van der Waals surface area (Å²) in [6.07, 6.45) is 3.75. The standard InChI is InChI=1S/C17H27NO2/c1-4-16-15(9-10-20-16)12-18-13(2)11-14-7-5-6-8-17(14)19-3/h5-8,13,15-16,18H,4,9-12H2,1-3H3. The summed E-state index contributed by atoms with van der Waals surface area (Å²) in [5, 5.41) is 3.65. The van der Waals surface area contributed by atoms with Gasteiger partial charge in [-0.25, -0.2) is 0 Å². The number of hydrogen-bond acceptors (Lipinski definition) is 3. The van der Waals surface area contributed by atoms with Crippen molar-refractivity contribution < 1.29 is 9.47 Å². The molecule has 0 aromatic heterocycles. The zero-order valence-corrected chi connectivity index (χ0v) is 12.9. The Labute approximate surface area is 122 Å². The minimum atomic E-state index is 0.445. The molecule has 2 rings (SSSR count). The van der Waals surface area contributed by atoms with Crippen molar-refractivity contribution in [3.63, 3.8) is 0 Å². The van der Waals surface area contributed by atoms with Crippen molar-refractivity contribution in [2.75, 3.05) is 20.3 Å². The molecule has 1 fully saturated rings. The Bertz CT molecular complexity index is 408. The first-order chi connectivity index (χ1) is 9.74. The van der Waals surface area contributed by atoms with Crippen molar-refractivity contribution in [3.8, 4) is 5.75 Å². The predicted molar refractivity (Wildman–Crippen MR) is 82.3 cm³/mol. The summed E-state index contributed by atoms with van der Waals surface area (Å²) in [6, 6.07) is 8.71. The van der Waals surface area contributed by atoms with Crippen LogP contribution in [0.2, 0.25) is 0 Å². The van der Waals surface area contributed by atoms with Gasteiger partial charge in [0.15, 0.2) is 0 Å². The summed E-state index contributed by atoms with van der Waals surface area (Å²) in [6.45, 7) is 6.42. The van der Waals surface area contributed by atoms with Crippen LogP contribution in [-0.4, -0.2) is 32.4 Å². The molecule has 1 saturated heterocycles. The summed E-state index contributed by atoms with van der Waals surface area (Å²) < 4.78 is 11.2. The molecule has 1 aliphatic heterocycles. The summed E-state index contributed by atoms with van der Waals surface area (Å²) >= 11 is 0. The lowest BCUT2D eigenvalue weighted by molar-refractivity contribution is 0.0867. The number of rotatable bonds is 7. The van der Waals surface area contributed by atoms with E-state index in [1.54, 1.807) is 7.11 Å². The highest BCUT2D eigenvalue weighted by Crippen LogP contribution is 2.23. The van der Waals surface area contributed by atoms with Gasteiger partial charge < -0.3 is 14.8 Å². The van der Waals surface area contributed by atoms with Crippen LogP contribution in [0.1, 0.15) is 32.3 Å². The molecule has 1 heterocycles. The molecule has 0 amide bonds. The quantitative estimate of drug-likeness (QED) is 0.831. The van der Waals surface area contributed by atoms with E-state index in [1.165, 1.54) is 12.0 Å². The second-order valence-electron chi connectivity index (χ2n) is 5.69. The van der Waals surface area contributed by atoms with E-state index in [1.807, 2.05) is 12.1 Å². The van der Waals surface area contributed by atoms with Gasteiger partial charge in [0.25, 0.3) is 0 Å². The summed E-state index contributed by atoms with van der Waals surface area (Å²) in [5.74, 6) is 1.65. The number of para-hydroxylation sites is 1. The fraction of sp³-hybridized carbons (Fsp3) is 0.647. The molecular weight excluding hydrogens is 250 g/mol. The predicted octanol–water partition coefficient (Wildman–Crippen LogP) is 3.03. The molecule has 3 unspecified atom stereocenters. The van der Waals surface area contributed by atoms with Crippen molar-refractivity contribution in [2.45, 2.75) is 45.3 Å². The molecule has 1 aromatic carbocycles. The van der Waals surface area contributed by atoms with E-state index in [0.29, 0.717) is 18.1 Å². The third-order valence-corrected chi connectivity index (χ3v) is 4.20. The van der Waals surface area contributed by atoms with E-state index in [0.717, 1.165) is 31.7 Å². The van der Waals surface area contributed by atoms with Crippen LogP contribution in [0.4, 0.5) is 0 Å². The molecule has 0 radical (unpaired) electrons. The molecule has 1 N–H and O–H groups in total. The van der Waals surface area contributed by atoms with Crippen molar-refractivity contribution in [1.29, 1.82) is 0 Å². The van der Waals surface area contributed by atoms with Gasteiger partial charge in [-0.05, 0) is 43.7 Å². The van der Waals surface area contributed by atoms with Crippen LogP contribution in [0.5, 0.6) is 5.75 Å². The van der Waals surface area contributed by atoms with Crippen LogP contribution in [0.3, 0.4) is 0 Å². The normalized spacial score (nSPS) is 23.8. The molecular formula is C17H27NO2. The van der Waals surface area contributed by atoms with Gasteiger partial charge in [0.1, 0.15) is 5.75 Å². The number of ether oxygens (including phenoxy) is 2. The van der Waals surface area contributed by atoms with Gasteiger partial charge in [-0.2, -0.15) is 0 Å². The Balaban J connectivity index is 1.82. The first-order valence-electron chi connectivity index (χ1n) is 7.71. The molecule has 0 bridgehead atoms. The molecule has 112 valence electrons. The molecule has 0 saturated carbocycles. The lowest BCUT2D eigenvalue weighted by Gasteiger charge is -2.21. The molecule has 0 aliphatic carbocycles. The number of hydrogen-bond donors (Lipinski definition) is 1. The molecule has 3 nitrogen and oxygen atoms in total. The van der Waals surface area contributed by atoms with Crippen molar-refractivity contribution in [3.05, 3.63) is 29.8 Å². The van der Waals surface area contributed by atoms with Crippen LogP contribution in [0.25, 0.3) is 0 Å². The zero-order valence-electron chi connectivity index (χ0n) is 12.9. The molecule has 3 heteroatoms. The summed E-state index contributed by atoms with van der Waals surface area (Å²) in [4.78, 5) is 0. The fourth-order valence-corrected chi connectivity index (χ4v) is 3.00. The van der Waals surface area contributed by atoms with E-state index in [-0.39, 0.29) is 0 Å². The summed E-state index contributed by atoms with van der Waals surface area (Å²) in [5.41, 5.74) is 1.27. The smallest absolute Gasteiger partial charge is 0.122 e. The molecule has 1 aliphatic rings. The maximum atomic E-state index is 5.74. The average Bonchev–Trinajstić information content (AvgIpc) is 2.93. The largest absolute Gasteiger partial charge is 0.496 e. The minimum Gasteiger partial charge on any atom is -0.496 e. The van der Waals surface area contributed by atoms with Gasteiger partial charge in [0.2, 0.25) is 0 Å². The minimum absolute atomic E-state index is 0.445. The first kappa shape index (κ1) is 15.3. The SMILES string of the molecule is CCC1OCCC1CNC(C)Cc1ccccc1OC. The van der Waals surface area contributed by atoms with Gasteiger partial charge in [0.05, 0.1) is 13.2 Å². The Hall–Kier alpha value is -1.06. The van der Waals surface area contributed by atoms with Crippen molar-refractivity contribution in [2.24, 2.45) is 5.92 Å². The maximum absolute atomic E-state index is 5.74. The number of methoxy groups -OCH3 is 1. The van der Waals surface area contributed by atoms with E-state index in [4.69, 9.17) is 9.47 Å². The lowest BCUT2D eigenvalue weighted by Crippen LogP contribution is -2.35. The Kier molecular flexibility index (Phi) is 5.86. The summed E-state index contributed by atoms with van der Waals surface area (Å²) in [7, 11) is 1.73. The first-order valence-corrected chi connectivity index (χ1v) is 7.71. The second-order valence-corrected chi connectivity index (χ2v) is 5.69. The third-order valence-electron chi connectivity index (χ3n) is 4.20. The number of nitrogens with one attached hydrogen (secondary N) is 1. The molecule has 3 atom stereocenters. The van der Waals surface area contributed by atoms with Crippen LogP contribution in [-0.2, 0) is 11.2 Å². The Morgan fingerprint density at radius 3 is 2.95 bits per heavy atom.